The average Bonchev–Trinajstić information content (AvgIpc) is 2.99. The van der Waals surface area contributed by atoms with Gasteiger partial charge < -0.3 is 10.0 Å². The van der Waals surface area contributed by atoms with Crippen LogP contribution in [0, 0.1) is 5.92 Å². The molecule has 1 N–H and O–H groups in total. The summed E-state index contributed by atoms with van der Waals surface area (Å²) in [5, 5.41) is 11.5. The molecule has 3 nitrogen and oxygen atoms in total. The Labute approximate surface area is 188 Å². The van der Waals surface area contributed by atoms with E-state index in [1.165, 1.54) is 17.7 Å². The molecular weight excluding hydrogens is 413 g/mol. The average molecular weight is 447 g/mol. The number of nitrogens with zero attached hydrogens (tertiary/aromatic N) is 2. The number of aryl methyl sites for hydroxylation is 1. The zero-order valence-corrected chi connectivity index (χ0v) is 19.0. The van der Waals surface area contributed by atoms with Crippen molar-refractivity contribution in [2.75, 3.05) is 34.2 Å². The molecule has 174 valence electrons. The van der Waals surface area contributed by atoms with Gasteiger partial charge in [-0.05, 0) is 81.1 Å². The SMILES string of the molecule is CN(C)CCN(C)C1C[C@H]2[C@@H](c3ccccc3)CCc3ccc(C(F)(F)F)cc3[C@H]2C1O. The summed E-state index contributed by atoms with van der Waals surface area (Å²) in [5.41, 5.74) is 2.24. The molecule has 0 heterocycles. The summed E-state index contributed by atoms with van der Waals surface area (Å²) in [4.78, 5) is 4.29. The van der Waals surface area contributed by atoms with Crippen molar-refractivity contribution in [2.24, 2.45) is 5.92 Å². The minimum absolute atomic E-state index is 0.0725. The van der Waals surface area contributed by atoms with Crippen molar-refractivity contribution in [1.29, 1.82) is 0 Å². The lowest BCUT2D eigenvalue weighted by molar-refractivity contribution is -0.137. The number of hydrogen-bond acceptors (Lipinski definition) is 3. The summed E-state index contributed by atoms with van der Waals surface area (Å²) in [6.45, 7) is 1.67. The maximum absolute atomic E-state index is 13.5. The molecule has 4 rings (SSSR count). The van der Waals surface area contributed by atoms with Gasteiger partial charge in [-0.1, -0.05) is 36.4 Å². The van der Waals surface area contributed by atoms with Crippen LogP contribution in [-0.2, 0) is 12.6 Å². The summed E-state index contributed by atoms with van der Waals surface area (Å²) in [7, 11) is 6.06. The molecule has 0 aromatic heterocycles. The van der Waals surface area contributed by atoms with E-state index in [-0.39, 0.29) is 23.8 Å². The number of alkyl halides is 3. The third-order valence-electron chi connectivity index (χ3n) is 7.50. The monoisotopic (exact) mass is 446 g/mol. The third kappa shape index (κ3) is 4.59. The van der Waals surface area contributed by atoms with E-state index in [0.29, 0.717) is 5.56 Å². The summed E-state index contributed by atoms with van der Waals surface area (Å²) in [6, 6.07) is 14.3. The van der Waals surface area contributed by atoms with Gasteiger partial charge in [0.15, 0.2) is 0 Å². The van der Waals surface area contributed by atoms with Crippen molar-refractivity contribution in [3.05, 3.63) is 70.8 Å². The molecule has 5 atom stereocenters. The lowest BCUT2D eigenvalue weighted by Gasteiger charge is -2.30. The third-order valence-corrected chi connectivity index (χ3v) is 7.50. The second-order valence-corrected chi connectivity index (χ2v) is 9.73. The largest absolute Gasteiger partial charge is 0.416 e. The van der Waals surface area contributed by atoms with E-state index >= 15 is 0 Å². The summed E-state index contributed by atoms with van der Waals surface area (Å²) < 4.78 is 40.6. The molecule has 0 amide bonds. The number of rotatable bonds is 5. The van der Waals surface area contributed by atoms with Gasteiger partial charge >= 0.3 is 6.18 Å². The Bertz CT molecular complexity index is 915. The fourth-order valence-corrected chi connectivity index (χ4v) is 5.80. The number of hydrogen-bond donors (Lipinski definition) is 1. The lowest BCUT2D eigenvalue weighted by Crippen LogP contribution is -2.42. The van der Waals surface area contributed by atoms with E-state index < -0.39 is 17.8 Å². The molecule has 1 fully saturated rings. The van der Waals surface area contributed by atoms with E-state index in [1.807, 2.05) is 39.3 Å². The van der Waals surface area contributed by atoms with Gasteiger partial charge in [-0.15, -0.1) is 0 Å². The first kappa shape index (κ1) is 23.3. The minimum Gasteiger partial charge on any atom is -0.391 e. The smallest absolute Gasteiger partial charge is 0.391 e. The summed E-state index contributed by atoms with van der Waals surface area (Å²) >= 11 is 0. The van der Waals surface area contributed by atoms with Gasteiger partial charge in [-0.2, -0.15) is 13.2 Å². The number of halogens is 3. The molecule has 0 radical (unpaired) electrons. The van der Waals surface area contributed by atoms with Crippen LogP contribution in [0.4, 0.5) is 13.2 Å². The Morgan fingerprint density at radius 3 is 2.38 bits per heavy atom. The number of likely N-dealkylation sites (N-methyl/N-ethyl adjacent to an activating group) is 2. The molecule has 32 heavy (non-hydrogen) atoms. The van der Waals surface area contributed by atoms with Crippen LogP contribution in [-0.4, -0.2) is 61.3 Å². The maximum Gasteiger partial charge on any atom is 0.416 e. The van der Waals surface area contributed by atoms with Crippen LogP contribution in [0.5, 0.6) is 0 Å². The molecule has 0 aliphatic heterocycles. The van der Waals surface area contributed by atoms with Crippen molar-refractivity contribution in [3.8, 4) is 0 Å². The van der Waals surface area contributed by atoms with Gasteiger partial charge in [-0.3, -0.25) is 4.90 Å². The van der Waals surface area contributed by atoms with Crippen molar-refractivity contribution >= 4 is 0 Å². The van der Waals surface area contributed by atoms with Gasteiger partial charge in [0.25, 0.3) is 0 Å². The fourth-order valence-electron chi connectivity index (χ4n) is 5.80. The van der Waals surface area contributed by atoms with E-state index in [4.69, 9.17) is 0 Å². The molecule has 1 saturated carbocycles. The van der Waals surface area contributed by atoms with Crippen LogP contribution in [0.1, 0.15) is 46.9 Å². The highest BCUT2D eigenvalue weighted by Crippen LogP contribution is 2.53. The molecule has 2 aliphatic carbocycles. The summed E-state index contributed by atoms with van der Waals surface area (Å²) in [5.74, 6) is 0.0144. The predicted octanol–water partition coefficient (Wildman–Crippen LogP) is 4.76. The zero-order valence-electron chi connectivity index (χ0n) is 19.0. The van der Waals surface area contributed by atoms with Gasteiger partial charge in [-0.25, -0.2) is 0 Å². The van der Waals surface area contributed by atoms with Gasteiger partial charge in [0.1, 0.15) is 0 Å². The van der Waals surface area contributed by atoms with Gasteiger partial charge in [0.05, 0.1) is 11.7 Å². The second kappa shape index (κ2) is 9.16. The van der Waals surface area contributed by atoms with Crippen LogP contribution in [0.15, 0.2) is 48.5 Å². The van der Waals surface area contributed by atoms with Gasteiger partial charge in [0, 0.05) is 25.0 Å². The number of benzene rings is 2. The molecule has 0 saturated heterocycles. The van der Waals surface area contributed by atoms with Crippen molar-refractivity contribution in [3.63, 3.8) is 0 Å². The van der Waals surface area contributed by atoms with Crippen LogP contribution in [0.25, 0.3) is 0 Å². The highest BCUT2D eigenvalue weighted by molar-refractivity contribution is 5.41. The number of fused-ring (bicyclic) bond motifs is 3. The van der Waals surface area contributed by atoms with E-state index in [0.717, 1.165) is 37.9 Å². The highest BCUT2D eigenvalue weighted by Gasteiger charge is 2.50. The van der Waals surface area contributed by atoms with Crippen molar-refractivity contribution in [2.45, 2.75) is 49.4 Å². The molecule has 6 heteroatoms. The zero-order chi connectivity index (χ0) is 23.0. The normalized spacial score (nSPS) is 28.0. The predicted molar refractivity (Wildman–Crippen MR) is 121 cm³/mol. The first-order valence-corrected chi connectivity index (χ1v) is 11.4. The molecule has 0 bridgehead atoms. The Hall–Kier alpha value is -1.89. The van der Waals surface area contributed by atoms with E-state index in [1.54, 1.807) is 6.07 Å². The number of aliphatic hydroxyl groups excluding tert-OH is 1. The maximum atomic E-state index is 13.5. The van der Waals surface area contributed by atoms with Crippen LogP contribution >= 0.6 is 0 Å². The first-order valence-electron chi connectivity index (χ1n) is 11.4. The molecule has 2 aromatic carbocycles. The topological polar surface area (TPSA) is 26.7 Å². The van der Waals surface area contributed by atoms with Crippen LogP contribution in [0.2, 0.25) is 0 Å². The minimum atomic E-state index is -4.39. The molecule has 2 aromatic rings. The van der Waals surface area contributed by atoms with Crippen LogP contribution in [0.3, 0.4) is 0 Å². The second-order valence-electron chi connectivity index (χ2n) is 9.73. The standard InChI is InChI=1S/C26H33F3N2O/c1-30(2)13-14-31(3)23-16-22-20(17-7-5-4-6-8-17)12-10-18-9-11-19(26(27,28)29)15-21(18)24(22)25(23)32/h4-9,11,15,20,22-25,32H,10,12-14,16H2,1-3H3/t20-,22+,23?,24-,25?/m1/s1. The van der Waals surface area contributed by atoms with E-state index in [2.05, 4.69) is 21.9 Å². The molecule has 0 spiro atoms. The van der Waals surface area contributed by atoms with Crippen molar-refractivity contribution in [1.82, 2.24) is 9.80 Å². The van der Waals surface area contributed by atoms with Crippen LogP contribution < -0.4 is 0 Å². The van der Waals surface area contributed by atoms with Crippen molar-refractivity contribution < 1.29 is 18.3 Å². The lowest BCUT2D eigenvalue weighted by atomic mass is 9.77. The number of aliphatic hydroxyl groups is 1. The molecule has 2 aliphatic rings. The quantitative estimate of drug-likeness (QED) is 0.717. The Kier molecular flexibility index (Phi) is 6.66. The first-order chi connectivity index (χ1) is 15.2. The Morgan fingerprint density at radius 1 is 1.00 bits per heavy atom. The van der Waals surface area contributed by atoms with Gasteiger partial charge in [0.2, 0.25) is 0 Å². The Morgan fingerprint density at radius 2 is 1.72 bits per heavy atom. The Balaban J connectivity index is 1.74. The van der Waals surface area contributed by atoms with E-state index in [9.17, 15) is 18.3 Å². The molecule has 2 unspecified atom stereocenters. The highest BCUT2D eigenvalue weighted by atomic mass is 19.4. The summed E-state index contributed by atoms with van der Waals surface area (Å²) in [6.07, 6.45) is -2.69. The molecular formula is C26H33F3N2O. The fraction of sp³-hybridized carbons (Fsp3) is 0.538.